The molecule has 26 heavy (non-hydrogen) atoms. The molecule has 0 aliphatic carbocycles. The summed E-state index contributed by atoms with van der Waals surface area (Å²) in [7, 11) is 0. The van der Waals surface area contributed by atoms with E-state index in [0.717, 1.165) is 17.1 Å². The van der Waals surface area contributed by atoms with Crippen LogP contribution in [-0.2, 0) is 11.3 Å². The molecule has 142 valence electrons. The number of Topliss-reactive ketones (excluding diaryl/α,β-unsaturated/α-hetero) is 1. The predicted octanol–water partition coefficient (Wildman–Crippen LogP) is 2.78. The number of carbonyl (C=O) groups excluding carboxylic acids is 2. The van der Waals surface area contributed by atoms with Gasteiger partial charge in [-0.1, -0.05) is 6.92 Å². The molecule has 2 aromatic heterocycles. The van der Waals surface area contributed by atoms with Crippen LogP contribution in [0.25, 0.3) is 0 Å². The van der Waals surface area contributed by atoms with E-state index >= 15 is 0 Å². The van der Waals surface area contributed by atoms with E-state index in [1.807, 2.05) is 57.7 Å². The maximum absolute atomic E-state index is 13.1. The second-order valence-corrected chi connectivity index (χ2v) is 6.51. The average Bonchev–Trinajstić information content (AvgIpc) is 3.22. The lowest BCUT2D eigenvalue weighted by atomic mass is 10.0. The summed E-state index contributed by atoms with van der Waals surface area (Å²) in [6.45, 7) is 11.7. The summed E-state index contributed by atoms with van der Waals surface area (Å²) < 4.78 is 7.51. The third kappa shape index (κ3) is 4.43. The number of hydrogen-bond acceptors (Lipinski definition) is 4. The van der Waals surface area contributed by atoms with Crippen molar-refractivity contribution in [2.75, 3.05) is 19.6 Å². The van der Waals surface area contributed by atoms with Crippen molar-refractivity contribution in [2.24, 2.45) is 0 Å². The van der Waals surface area contributed by atoms with Crippen LogP contribution in [0, 0.1) is 13.8 Å². The molecule has 0 fully saturated rings. The van der Waals surface area contributed by atoms with Gasteiger partial charge in [-0.3, -0.25) is 14.5 Å². The van der Waals surface area contributed by atoms with Crippen molar-refractivity contribution in [3.05, 3.63) is 47.2 Å². The van der Waals surface area contributed by atoms with Gasteiger partial charge in [-0.2, -0.15) is 0 Å². The molecule has 0 aliphatic heterocycles. The first-order valence-electron chi connectivity index (χ1n) is 9.13. The molecule has 2 heterocycles. The number of hydrogen-bond donors (Lipinski definition) is 1. The fourth-order valence-corrected chi connectivity index (χ4v) is 3.20. The van der Waals surface area contributed by atoms with Gasteiger partial charge in [0.2, 0.25) is 5.91 Å². The number of aromatic nitrogens is 1. The van der Waals surface area contributed by atoms with Gasteiger partial charge in [-0.15, -0.1) is 0 Å². The molecule has 6 heteroatoms. The molecule has 6 nitrogen and oxygen atoms in total. The van der Waals surface area contributed by atoms with Gasteiger partial charge in [-0.25, -0.2) is 0 Å². The Bertz CT molecular complexity index is 747. The van der Waals surface area contributed by atoms with E-state index in [4.69, 9.17) is 4.42 Å². The molecule has 0 saturated carbocycles. The van der Waals surface area contributed by atoms with E-state index in [2.05, 4.69) is 9.88 Å². The van der Waals surface area contributed by atoms with Gasteiger partial charge in [0.25, 0.3) is 0 Å². The summed E-state index contributed by atoms with van der Waals surface area (Å²) in [6, 6.07) is 5.35. The Labute approximate surface area is 155 Å². The predicted molar refractivity (Wildman–Crippen MR) is 101 cm³/mol. The molecule has 1 amide bonds. The van der Waals surface area contributed by atoms with Crippen molar-refractivity contribution in [3.8, 4) is 0 Å². The van der Waals surface area contributed by atoms with Gasteiger partial charge in [0.05, 0.1) is 25.4 Å². The minimum atomic E-state index is -0.361. The first-order chi connectivity index (χ1) is 12.4. The monoisotopic (exact) mass is 359 g/mol. The van der Waals surface area contributed by atoms with E-state index in [1.54, 1.807) is 6.26 Å². The molecule has 0 spiro atoms. The maximum Gasteiger partial charge on any atom is 0.234 e. The van der Waals surface area contributed by atoms with E-state index < -0.39 is 0 Å². The first-order valence-corrected chi connectivity index (χ1v) is 9.13. The first kappa shape index (κ1) is 20.0. The van der Waals surface area contributed by atoms with Crippen LogP contribution < -0.4 is 5.32 Å². The van der Waals surface area contributed by atoms with E-state index in [0.29, 0.717) is 25.2 Å². The van der Waals surface area contributed by atoms with Gasteiger partial charge >= 0.3 is 0 Å². The zero-order chi connectivity index (χ0) is 19.3. The lowest BCUT2D eigenvalue weighted by Crippen LogP contribution is -2.45. The summed E-state index contributed by atoms with van der Waals surface area (Å²) in [5, 5.41) is 2.79. The third-order valence-corrected chi connectivity index (χ3v) is 4.79. The Morgan fingerprint density at radius 3 is 2.62 bits per heavy atom. The summed E-state index contributed by atoms with van der Waals surface area (Å²) >= 11 is 0. The van der Waals surface area contributed by atoms with E-state index in [-0.39, 0.29) is 24.3 Å². The largest absolute Gasteiger partial charge is 0.467 e. The summed E-state index contributed by atoms with van der Waals surface area (Å²) in [5.41, 5.74) is 2.64. The van der Waals surface area contributed by atoms with Crippen molar-refractivity contribution >= 4 is 11.7 Å². The van der Waals surface area contributed by atoms with E-state index in [1.165, 1.54) is 0 Å². The minimum Gasteiger partial charge on any atom is -0.467 e. The second-order valence-electron chi connectivity index (χ2n) is 6.51. The number of nitrogens with one attached hydrogen (secondary N) is 1. The van der Waals surface area contributed by atoms with Crippen molar-refractivity contribution in [1.29, 1.82) is 0 Å². The lowest BCUT2D eigenvalue weighted by molar-refractivity contribution is -0.122. The van der Waals surface area contributed by atoms with Gasteiger partial charge < -0.3 is 14.3 Å². The van der Waals surface area contributed by atoms with Crippen LogP contribution in [0.3, 0.4) is 0 Å². The highest BCUT2D eigenvalue weighted by atomic mass is 16.3. The molecule has 2 rings (SSSR count). The van der Waals surface area contributed by atoms with Crippen LogP contribution in [0.5, 0.6) is 0 Å². The second kappa shape index (κ2) is 8.85. The van der Waals surface area contributed by atoms with Gasteiger partial charge in [-0.05, 0) is 52.4 Å². The highest BCUT2D eigenvalue weighted by Gasteiger charge is 2.26. The van der Waals surface area contributed by atoms with Crippen LogP contribution in [0.2, 0.25) is 0 Å². The molecule has 0 radical (unpaired) electrons. The number of furan rings is 1. The maximum atomic E-state index is 13.1. The molecule has 0 saturated heterocycles. The Morgan fingerprint density at radius 1 is 1.31 bits per heavy atom. The molecule has 1 N–H and O–H groups in total. The number of amides is 1. The van der Waals surface area contributed by atoms with Crippen LogP contribution in [0.4, 0.5) is 0 Å². The molecular weight excluding hydrogens is 330 g/mol. The van der Waals surface area contributed by atoms with Crippen molar-refractivity contribution in [3.63, 3.8) is 0 Å². The number of likely N-dealkylation sites (N-methyl/N-ethyl adjacent to an activating group) is 2. The number of rotatable bonds is 9. The molecule has 1 atom stereocenters. The number of carbonyl (C=O) groups is 2. The van der Waals surface area contributed by atoms with Crippen molar-refractivity contribution < 1.29 is 14.0 Å². The number of aryl methyl sites for hydroxylation is 1. The molecule has 0 unspecified atom stereocenters. The van der Waals surface area contributed by atoms with Gasteiger partial charge in [0, 0.05) is 23.5 Å². The van der Waals surface area contributed by atoms with Crippen LogP contribution in [0.15, 0.2) is 28.9 Å². The fourth-order valence-electron chi connectivity index (χ4n) is 3.20. The fraction of sp³-hybridized carbons (Fsp3) is 0.500. The Balaban J connectivity index is 2.18. The normalized spacial score (nSPS) is 12.4. The highest BCUT2D eigenvalue weighted by Crippen LogP contribution is 2.20. The zero-order valence-electron chi connectivity index (χ0n) is 16.3. The smallest absolute Gasteiger partial charge is 0.234 e. The Kier molecular flexibility index (Phi) is 6.80. The Hall–Kier alpha value is -2.34. The van der Waals surface area contributed by atoms with E-state index in [9.17, 15) is 9.59 Å². The summed E-state index contributed by atoms with van der Waals surface area (Å²) in [6.07, 6.45) is 1.65. The topological polar surface area (TPSA) is 67.5 Å². The summed E-state index contributed by atoms with van der Waals surface area (Å²) in [5.74, 6) is 0.831. The molecule has 0 aliphatic rings. The molecular formula is C20H29N3O3. The van der Waals surface area contributed by atoms with Crippen molar-refractivity contribution in [2.45, 2.75) is 47.2 Å². The molecule has 2 aromatic rings. The number of ketones is 1. The van der Waals surface area contributed by atoms with Crippen LogP contribution in [-0.4, -0.2) is 46.8 Å². The SMILES string of the molecule is CCNC(=O)CN(CC)[C@H](C)C(=O)c1cc(C)n(Cc2ccco2)c1C. The number of nitrogens with zero attached hydrogens (tertiary/aromatic N) is 2. The molecule has 0 bridgehead atoms. The van der Waals surface area contributed by atoms with Crippen LogP contribution in [0.1, 0.15) is 48.3 Å². The van der Waals surface area contributed by atoms with Crippen molar-refractivity contribution in [1.82, 2.24) is 14.8 Å². The summed E-state index contributed by atoms with van der Waals surface area (Å²) in [4.78, 5) is 26.9. The quantitative estimate of drug-likeness (QED) is 0.699. The Morgan fingerprint density at radius 2 is 2.04 bits per heavy atom. The standard InChI is InChI=1S/C20H29N3O3/c1-6-21-19(24)13-22(7-2)16(5)20(25)18-11-14(3)23(15(18)4)12-17-9-8-10-26-17/h8-11,16H,6-7,12-13H2,1-5H3,(H,21,24)/t16-/m1/s1. The average molecular weight is 359 g/mol. The zero-order valence-corrected chi connectivity index (χ0v) is 16.3. The highest BCUT2D eigenvalue weighted by molar-refractivity contribution is 6.01. The lowest BCUT2D eigenvalue weighted by Gasteiger charge is -2.26. The molecule has 0 aromatic carbocycles. The van der Waals surface area contributed by atoms with Crippen LogP contribution >= 0.6 is 0 Å². The van der Waals surface area contributed by atoms with Gasteiger partial charge in [0.15, 0.2) is 5.78 Å². The third-order valence-electron chi connectivity index (χ3n) is 4.79. The minimum absolute atomic E-state index is 0.0370. The van der Waals surface area contributed by atoms with Gasteiger partial charge in [0.1, 0.15) is 5.76 Å².